The zero-order chi connectivity index (χ0) is 22.6. The zero-order valence-electron chi connectivity index (χ0n) is 17.5. The Labute approximate surface area is 181 Å². The van der Waals surface area contributed by atoms with Gasteiger partial charge in [0.15, 0.2) is 12.4 Å². The van der Waals surface area contributed by atoms with E-state index in [2.05, 4.69) is 10.6 Å². The van der Waals surface area contributed by atoms with Crippen molar-refractivity contribution in [3.63, 3.8) is 0 Å². The molecule has 0 aliphatic carbocycles. The fraction of sp³-hybridized carbons (Fsp3) is 0.364. The van der Waals surface area contributed by atoms with Crippen LogP contribution in [-0.4, -0.2) is 41.7 Å². The van der Waals surface area contributed by atoms with Crippen LogP contribution in [0.5, 0.6) is 0 Å². The predicted octanol–water partition coefficient (Wildman–Crippen LogP) is 1.21. The summed E-state index contributed by atoms with van der Waals surface area (Å²) >= 11 is 0. The number of pyridine rings is 1. The van der Waals surface area contributed by atoms with Gasteiger partial charge in [0.1, 0.15) is 6.04 Å². The Morgan fingerprint density at radius 3 is 2.39 bits per heavy atom. The number of benzene rings is 1. The van der Waals surface area contributed by atoms with Crippen molar-refractivity contribution in [3.05, 3.63) is 66.0 Å². The van der Waals surface area contributed by atoms with Crippen molar-refractivity contribution >= 4 is 18.0 Å². The fourth-order valence-corrected chi connectivity index (χ4v) is 2.91. The molecule has 1 heterocycles. The van der Waals surface area contributed by atoms with Crippen molar-refractivity contribution in [2.24, 2.45) is 5.73 Å². The average molecular weight is 429 g/mol. The van der Waals surface area contributed by atoms with E-state index in [1.165, 1.54) is 12.1 Å². The lowest BCUT2D eigenvalue weighted by Gasteiger charge is -2.14. The quantitative estimate of drug-likeness (QED) is 0.397. The Morgan fingerprint density at radius 1 is 1.10 bits per heavy atom. The molecule has 0 aliphatic rings. The number of aliphatic carboxylic acids is 1. The molecule has 0 spiro atoms. The van der Waals surface area contributed by atoms with E-state index < -0.39 is 24.0 Å². The van der Waals surface area contributed by atoms with Crippen LogP contribution in [0, 0.1) is 0 Å². The molecule has 0 saturated heterocycles. The van der Waals surface area contributed by atoms with Gasteiger partial charge in [-0.1, -0.05) is 30.3 Å². The normalized spacial score (nSPS) is 12.5. The van der Waals surface area contributed by atoms with Crippen LogP contribution in [0.1, 0.15) is 35.7 Å². The van der Waals surface area contributed by atoms with Gasteiger partial charge in [0.05, 0.1) is 5.56 Å². The Hall–Kier alpha value is -3.46. The number of rotatable bonds is 11. The Morgan fingerprint density at radius 2 is 1.77 bits per heavy atom. The number of amides is 2. The molecule has 31 heavy (non-hydrogen) atoms. The summed E-state index contributed by atoms with van der Waals surface area (Å²) in [6.07, 6.45) is 4.05. The molecule has 0 saturated carbocycles. The lowest BCUT2D eigenvalue weighted by atomic mass is 10.1. The molecule has 0 fully saturated rings. The third-order valence-electron chi connectivity index (χ3n) is 4.55. The highest BCUT2D eigenvalue weighted by Gasteiger charge is 2.20. The summed E-state index contributed by atoms with van der Waals surface area (Å²) in [5, 5.41) is 14.4. The van der Waals surface area contributed by atoms with Crippen LogP contribution in [0.3, 0.4) is 0 Å². The molecule has 2 atom stereocenters. The van der Waals surface area contributed by atoms with Crippen molar-refractivity contribution in [3.8, 4) is 0 Å². The highest BCUT2D eigenvalue weighted by molar-refractivity contribution is 5.96. The number of carbonyl (C=O) groups excluding carboxylic acids is 2. The number of hydrogen-bond acceptors (Lipinski definition) is 5. The third-order valence-corrected chi connectivity index (χ3v) is 4.55. The molecule has 0 radical (unpaired) electrons. The maximum Gasteiger partial charge on any atom is 0.412 e. The van der Waals surface area contributed by atoms with Crippen LogP contribution in [0.25, 0.3) is 0 Å². The van der Waals surface area contributed by atoms with E-state index in [1.807, 2.05) is 37.3 Å². The molecule has 2 amide bonds. The summed E-state index contributed by atoms with van der Waals surface area (Å²) in [6, 6.07) is 11.8. The summed E-state index contributed by atoms with van der Waals surface area (Å²) in [5.74, 6) is -1.60. The van der Waals surface area contributed by atoms with Crippen LogP contribution >= 0.6 is 0 Å². The first-order valence-electron chi connectivity index (χ1n) is 10.1. The molecule has 5 N–H and O–H groups in total. The molecule has 0 unspecified atom stereocenters. The van der Waals surface area contributed by atoms with Gasteiger partial charge in [0.2, 0.25) is 0 Å². The molecule has 0 aliphatic heterocycles. The van der Waals surface area contributed by atoms with E-state index in [4.69, 9.17) is 10.5 Å². The molecule has 166 valence electrons. The second-order valence-electron chi connectivity index (χ2n) is 7.19. The van der Waals surface area contributed by atoms with Crippen LogP contribution < -0.4 is 20.9 Å². The van der Waals surface area contributed by atoms with Gasteiger partial charge in [-0.05, 0) is 38.3 Å². The van der Waals surface area contributed by atoms with E-state index in [-0.39, 0.29) is 19.2 Å². The largest absolute Gasteiger partial charge is 0.480 e. The number of aromatic nitrogens is 1. The summed E-state index contributed by atoms with van der Waals surface area (Å²) in [7, 11) is 0. The smallest absolute Gasteiger partial charge is 0.412 e. The monoisotopic (exact) mass is 429 g/mol. The third kappa shape index (κ3) is 8.43. The van der Waals surface area contributed by atoms with E-state index in [9.17, 15) is 19.5 Å². The maximum atomic E-state index is 12.3. The van der Waals surface area contributed by atoms with Crippen molar-refractivity contribution in [2.45, 2.75) is 45.0 Å². The molecule has 2 aromatic rings. The molecule has 0 bridgehead atoms. The molecular weight excluding hydrogens is 400 g/mol. The summed E-state index contributed by atoms with van der Waals surface area (Å²) < 4.78 is 6.78. The molecule has 9 heteroatoms. The van der Waals surface area contributed by atoms with Gasteiger partial charge in [-0.3, -0.25) is 4.79 Å². The van der Waals surface area contributed by atoms with Crippen molar-refractivity contribution in [1.82, 2.24) is 10.6 Å². The first-order valence-corrected chi connectivity index (χ1v) is 10.1. The number of alkyl carbamates (subject to hydrolysis) is 1. The van der Waals surface area contributed by atoms with E-state index in [0.717, 1.165) is 5.56 Å². The standard InChI is InChI=1S/C22H28N4O5/c1-16(14-17-6-3-2-4-7-17)24-22(30)31-15-26-12-9-18(10-13-26)20(27)25-19(21(28)29)8-5-11-23/h2-4,6-7,9-10,12-13,16,19H,5,8,11,14-15,23H2,1H3,(H2-,24,25,27,28,29,30)/p+1/t16-,19-/m0/s1. The van der Waals surface area contributed by atoms with Crippen molar-refractivity contribution in [1.29, 1.82) is 0 Å². The lowest BCUT2D eigenvalue weighted by Crippen LogP contribution is -2.42. The number of ether oxygens (including phenoxy) is 1. The van der Waals surface area contributed by atoms with Gasteiger partial charge in [-0.2, -0.15) is 4.57 Å². The van der Waals surface area contributed by atoms with Crippen molar-refractivity contribution < 1.29 is 28.8 Å². The average Bonchev–Trinajstić information content (AvgIpc) is 2.75. The number of nitrogens with zero attached hydrogens (tertiary/aromatic N) is 1. The zero-order valence-corrected chi connectivity index (χ0v) is 17.5. The first kappa shape index (κ1) is 23.8. The van der Waals surface area contributed by atoms with Gasteiger partial charge < -0.3 is 26.2 Å². The molecule has 1 aromatic carbocycles. The Kier molecular flexibility index (Phi) is 9.44. The summed E-state index contributed by atoms with van der Waals surface area (Å²) in [5.41, 5.74) is 6.82. The number of nitrogens with two attached hydrogens (primary N) is 1. The number of carbonyl (C=O) groups is 3. The SMILES string of the molecule is C[C@@H](Cc1ccccc1)NC(=O)OC[n+]1ccc(C(=O)N[C@@H](CCCN)C(=O)O)cc1. The van der Waals surface area contributed by atoms with Crippen LogP contribution in [-0.2, 0) is 22.7 Å². The molecule has 1 aromatic heterocycles. The Balaban J connectivity index is 1.80. The van der Waals surface area contributed by atoms with E-state index >= 15 is 0 Å². The van der Waals surface area contributed by atoms with Gasteiger partial charge in [0, 0.05) is 18.2 Å². The van der Waals surface area contributed by atoms with Crippen molar-refractivity contribution in [2.75, 3.05) is 6.54 Å². The van der Waals surface area contributed by atoms with E-state index in [0.29, 0.717) is 24.9 Å². The second-order valence-corrected chi connectivity index (χ2v) is 7.19. The predicted molar refractivity (Wildman–Crippen MR) is 113 cm³/mol. The number of carboxylic acids is 1. The minimum atomic E-state index is -1.10. The van der Waals surface area contributed by atoms with Gasteiger partial charge in [-0.15, -0.1) is 0 Å². The van der Waals surface area contributed by atoms with Crippen LogP contribution in [0.2, 0.25) is 0 Å². The van der Waals surface area contributed by atoms with Crippen LogP contribution in [0.4, 0.5) is 4.79 Å². The molecular formula is C22H29N4O5+. The fourth-order valence-electron chi connectivity index (χ4n) is 2.91. The van der Waals surface area contributed by atoms with E-state index in [1.54, 1.807) is 17.0 Å². The first-order chi connectivity index (χ1) is 14.9. The van der Waals surface area contributed by atoms with Gasteiger partial charge in [0.25, 0.3) is 12.6 Å². The summed E-state index contributed by atoms with van der Waals surface area (Å²) in [6.45, 7) is 2.22. The minimum absolute atomic E-state index is 0.0277. The van der Waals surface area contributed by atoms with Crippen LogP contribution in [0.15, 0.2) is 54.9 Å². The van der Waals surface area contributed by atoms with Gasteiger partial charge >= 0.3 is 12.1 Å². The minimum Gasteiger partial charge on any atom is -0.480 e. The number of hydrogen-bond donors (Lipinski definition) is 4. The summed E-state index contributed by atoms with van der Waals surface area (Å²) in [4.78, 5) is 35.5. The number of nitrogens with one attached hydrogen (secondary N) is 2. The molecule has 2 rings (SSSR count). The molecule has 9 nitrogen and oxygen atoms in total. The topological polar surface area (TPSA) is 135 Å². The number of carboxylic acid groups (broad SMARTS) is 1. The lowest BCUT2D eigenvalue weighted by molar-refractivity contribution is -0.727. The highest BCUT2D eigenvalue weighted by atomic mass is 16.6. The second kappa shape index (κ2) is 12.3. The Bertz CT molecular complexity index is 858. The highest BCUT2D eigenvalue weighted by Crippen LogP contribution is 2.03. The van der Waals surface area contributed by atoms with Gasteiger partial charge in [-0.25, -0.2) is 9.59 Å². The maximum absolute atomic E-state index is 12.3.